The van der Waals surface area contributed by atoms with Crippen LogP contribution >= 0.6 is 35.3 Å². The van der Waals surface area contributed by atoms with Crippen LogP contribution in [0.1, 0.15) is 48.5 Å². The second kappa shape index (κ2) is 16.2. The summed E-state index contributed by atoms with van der Waals surface area (Å²) in [6.45, 7) is 10.3. The molecular formula is C17H32IN5O2S. The van der Waals surface area contributed by atoms with Gasteiger partial charge in [-0.1, -0.05) is 13.3 Å². The molecule has 7 nitrogen and oxygen atoms in total. The summed E-state index contributed by atoms with van der Waals surface area (Å²) in [4.78, 5) is 21.2. The van der Waals surface area contributed by atoms with Gasteiger partial charge < -0.3 is 20.7 Å². The number of carbonyl (C=O) groups excluding carboxylic acids is 1. The number of guanidine groups is 1. The second-order valence-corrected chi connectivity index (χ2v) is 6.38. The van der Waals surface area contributed by atoms with Crippen LogP contribution in [-0.4, -0.2) is 56.2 Å². The first kappa shape index (κ1) is 25.1. The maximum absolute atomic E-state index is 12.0. The molecule has 1 heterocycles. The van der Waals surface area contributed by atoms with Crippen molar-refractivity contribution >= 4 is 47.2 Å². The number of nitrogens with one attached hydrogen (secondary N) is 3. The molecule has 0 saturated carbocycles. The maximum atomic E-state index is 12.0. The summed E-state index contributed by atoms with van der Waals surface area (Å²) < 4.78 is 5.52. The zero-order valence-electron chi connectivity index (χ0n) is 16.0. The fourth-order valence-corrected chi connectivity index (χ4v) is 2.72. The Balaban J connectivity index is 0.00000625. The highest BCUT2D eigenvalue weighted by Gasteiger charge is 2.10. The van der Waals surface area contributed by atoms with Crippen LogP contribution in [0.15, 0.2) is 10.5 Å². The Morgan fingerprint density at radius 3 is 2.58 bits per heavy atom. The van der Waals surface area contributed by atoms with Gasteiger partial charge in [-0.2, -0.15) is 0 Å². The number of aromatic nitrogens is 1. The number of aliphatic imine (C=N–C) groups is 1. The van der Waals surface area contributed by atoms with Crippen molar-refractivity contribution in [3.63, 3.8) is 0 Å². The lowest BCUT2D eigenvalue weighted by Gasteiger charge is -2.11. The smallest absolute Gasteiger partial charge is 0.263 e. The predicted molar refractivity (Wildman–Crippen MR) is 119 cm³/mol. The molecule has 150 valence electrons. The number of ether oxygens (including phenoxy) is 1. The van der Waals surface area contributed by atoms with Gasteiger partial charge in [0.15, 0.2) is 5.96 Å². The van der Waals surface area contributed by atoms with E-state index in [0.29, 0.717) is 24.5 Å². The largest absolute Gasteiger partial charge is 0.381 e. The highest BCUT2D eigenvalue weighted by atomic mass is 127. The minimum atomic E-state index is -0.0760. The number of nitrogens with zero attached hydrogens (tertiary/aromatic N) is 2. The van der Waals surface area contributed by atoms with E-state index in [4.69, 9.17) is 4.74 Å². The molecule has 0 atom stereocenters. The van der Waals surface area contributed by atoms with E-state index in [-0.39, 0.29) is 29.9 Å². The first-order valence-corrected chi connectivity index (χ1v) is 9.85. The second-order valence-electron chi connectivity index (χ2n) is 5.53. The Labute approximate surface area is 177 Å². The van der Waals surface area contributed by atoms with E-state index in [1.165, 1.54) is 11.3 Å². The molecule has 26 heavy (non-hydrogen) atoms. The molecule has 1 rings (SSSR count). The van der Waals surface area contributed by atoms with Gasteiger partial charge in [-0.3, -0.25) is 9.79 Å². The molecule has 1 aromatic rings. The minimum Gasteiger partial charge on any atom is -0.381 e. The van der Waals surface area contributed by atoms with Gasteiger partial charge in [0.1, 0.15) is 4.88 Å². The van der Waals surface area contributed by atoms with Crippen molar-refractivity contribution in [1.82, 2.24) is 20.9 Å². The number of hydrogen-bond donors (Lipinski definition) is 3. The number of thiazole rings is 1. The van der Waals surface area contributed by atoms with E-state index in [1.807, 2.05) is 13.8 Å². The van der Waals surface area contributed by atoms with Crippen LogP contribution in [0.2, 0.25) is 0 Å². The Bertz CT molecular complexity index is 525. The van der Waals surface area contributed by atoms with Gasteiger partial charge in [0.05, 0.1) is 11.2 Å². The number of aryl methyl sites for hydroxylation is 1. The Morgan fingerprint density at radius 1 is 1.19 bits per heavy atom. The van der Waals surface area contributed by atoms with Crippen molar-refractivity contribution < 1.29 is 9.53 Å². The van der Waals surface area contributed by atoms with Gasteiger partial charge in [-0.15, -0.1) is 35.3 Å². The molecule has 0 radical (unpaired) electrons. The van der Waals surface area contributed by atoms with Crippen molar-refractivity contribution in [1.29, 1.82) is 0 Å². The van der Waals surface area contributed by atoms with Crippen LogP contribution < -0.4 is 16.0 Å². The molecule has 0 aromatic carbocycles. The average Bonchev–Trinajstić information content (AvgIpc) is 3.03. The Morgan fingerprint density at radius 2 is 1.92 bits per heavy atom. The molecular weight excluding hydrogens is 465 g/mol. The molecule has 0 bridgehead atoms. The third-order valence-electron chi connectivity index (χ3n) is 3.36. The molecule has 0 unspecified atom stereocenters. The third-order valence-corrected chi connectivity index (χ3v) is 4.29. The van der Waals surface area contributed by atoms with Gasteiger partial charge in [0.2, 0.25) is 0 Å². The Kier molecular flexibility index (Phi) is 15.7. The predicted octanol–water partition coefficient (Wildman–Crippen LogP) is 2.56. The van der Waals surface area contributed by atoms with Crippen LogP contribution in [0.3, 0.4) is 0 Å². The maximum Gasteiger partial charge on any atom is 0.263 e. The van der Waals surface area contributed by atoms with Crippen molar-refractivity contribution in [3.05, 3.63) is 16.1 Å². The first-order chi connectivity index (χ1) is 12.2. The van der Waals surface area contributed by atoms with E-state index in [1.54, 1.807) is 5.51 Å². The molecule has 1 aromatic heterocycles. The summed E-state index contributed by atoms with van der Waals surface area (Å²) in [5.74, 6) is 0.687. The summed E-state index contributed by atoms with van der Waals surface area (Å²) in [6.07, 6.45) is 3.17. The quantitative estimate of drug-likeness (QED) is 0.179. The van der Waals surface area contributed by atoms with E-state index in [0.717, 1.165) is 50.7 Å². The number of amides is 1. The molecule has 0 fully saturated rings. The normalized spacial score (nSPS) is 11.0. The molecule has 0 saturated heterocycles. The molecule has 3 N–H and O–H groups in total. The summed E-state index contributed by atoms with van der Waals surface area (Å²) >= 11 is 1.36. The zero-order valence-corrected chi connectivity index (χ0v) is 19.1. The number of hydrogen-bond acceptors (Lipinski definition) is 5. The first-order valence-electron chi connectivity index (χ1n) is 8.97. The number of unbranched alkanes of at least 4 members (excludes halogenated alkanes) is 1. The zero-order chi connectivity index (χ0) is 18.3. The Hall–Kier alpha value is -0.940. The van der Waals surface area contributed by atoms with Crippen LogP contribution in [0, 0.1) is 6.92 Å². The van der Waals surface area contributed by atoms with Gasteiger partial charge in [-0.25, -0.2) is 4.98 Å². The van der Waals surface area contributed by atoms with E-state index < -0.39 is 0 Å². The van der Waals surface area contributed by atoms with Crippen LogP contribution in [0.5, 0.6) is 0 Å². The third kappa shape index (κ3) is 10.9. The molecule has 1 amide bonds. The molecule has 0 spiro atoms. The highest BCUT2D eigenvalue weighted by molar-refractivity contribution is 14.0. The van der Waals surface area contributed by atoms with Crippen LogP contribution in [0.25, 0.3) is 0 Å². The summed E-state index contributed by atoms with van der Waals surface area (Å²) in [5, 5.41) is 9.30. The van der Waals surface area contributed by atoms with Crippen LogP contribution in [-0.2, 0) is 4.74 Å². The van der Waals surface area contributed by atoms with Crippen molar-refractivity contribution in [2.24, 2.45) is 4.99 Å². The lowest BCUT2D eigenvalue weighted by Crippen LogP contribution is -2.41. The van der Waals surface area contributed by atoms with Crippen molar-refractivity contribution in [2.45, 2.75) is 40.0 Å². The van der Waals surface area contributed by atoms with E-state index >= 15 is 0 Å². The SMILES string of the molecule is CCCCOCCCN=C(NCC)NCCNC(=O)c1scnc1C.I. The molecule has 0 aliphatic heterocycles. The number of halogens is 1. The van der Waals surface area contributed by atoms with Gasteiger partial charge in [-0.05, 0) is 26.7 Å². The van der Waals surface area contributed by atoms with Crippen molar-refractivity contribution in [3.8, 4) is 0 Å². The van der Waals surface area contributed by atoms with Crippen molar-refractivity contribution in [2.75, 3.05) is 39.4 Å². The molecule has 0 aliphatic carbocycles. The number of carbonyl (C=O) groups is 1. The lowest BCUT2D eigenvalue weighted by atomic mass is 10.4. The van der Waals surface area contributed by atoms with Crippen LogP contribution in [0.4, 0.5) is 0 Å². The molecule has 0 aliphatic rings. The molecule has 9 heteroatoms. The summed E-state index contributed by atoms with van der Waals surface area (Å²) in [5.41, 5.74) is 2.45. The minimum absolute atomic E-state index is 0. The number of rotatable bonds is 12. The fraction of sp³-hybridized carbons (Fsp3) is 0.706. The van der Waals surface area contributed by atoms with Gasteiger partial charge in [0.25, 0.3) is 5.91 Å². The monoisotopic (exact) mass is 497 g/mol. The summed E-state index contributed by atoms with van der Waals surface area (Å²) in [7, 11) is 0. The average molecular weight is 497 g/mol. The lowest BCUT2D eigenvalue weighted by molar-refractivity contribution is 0.0957. The van der Waals surface area contributed by atoms with Gasteiger partial charge in [0, 0.05) is 39.4 Å². The standard InChI is InChI=1S/C17H31N5O2S.HI/c1-4-6-11-24-12-7-8-20-17(18-5-2)21-10-9-19-16(23)15-14(3)22-13-25-15;/h13H,4-12H2,1-3H3,(H,19,23)(H2,18,20,21);1H. The topological polar surface area (TPSA) is 87.6 Å². The fourth-order valence-electron chi connectivity index (χ4n) is 2.00. The van der Waals surface area contributed by atoms with Gasteiger partial charge >= 0.3 is 0 Å². The highest BCUT2D eigenvalue weighted by Crippen LogP contribution is 2.10. The summed E-state index contributed by atoms with van der Waals surface area (Å²) in [6, 6.07) is 0. The van der Waals surface area contributed by atoms with E-state index in [2.05, 4.69) is 32.9 Å². The van der Waals surface area contributed by atoms with E-state index in [9.17, 15) is 4.79 Å².